The van der Waals surface area contributed by atoms with E-state index in [1.165, 1.54) is 15.6 Å². The Morgan fingerprint density at radius 1 is 1.33 bits per heavy atom. The standard InChI is InChI=1S/C10H11Br2NO3S2/c11-9-5-8(10(12)17-9)18(15,16)13-3-1-7(6-14)2-4-13/h5-7H,1-4H2. The van der Waals surface area contributed by atoms with E-state index in [2.05, 4.69) is 31.9 Å². The van der Waals surface area contributed by atoms with Gasteiger partial charge in [0.15, 0.2) is 0 Å². The van der Waals surface area contributed by atoms with E-state index in [0.717, 1.165) is 10.1 Å². The summed E-state index contributed by atoms with van der Waals surface area (Å²) in [7, 11) is -3.45. The molecule has 0 spiro atoms. The highest BCUT2D eigenvalue weighted by atomic mass is 79.9. The number of piperidine rings is 1. The third-order valence-electron chi connectivity index (χ3n) is 2.93. The molecule has 0 amide bonds. The Bertz CT molecular complexity index is 547. The first-order chi connectivity index (χ1) is 8.45. The van der Waals surface area contributed by atoms with Crippen LogP contribution in [0, 0.1) is 5.92 Å². The van der Waals surface area contributed by atoms with Crippen molar-refractivity contribution in [1.29, 1.82) is 0 Å². The molecule has 18 heavy (non-hydrogen) atoms. The number of halogens is 2. The normalized spacial score (nSPS) is 19.0. The molecule has 4 nitrogen and oxygen atoms in total. The molecule has 1 saturated heterocycles. The van der Waals surface area contributed by atoms with E-state index in [-0.39, 0.29) is 5.92 Å². The Morgan fingerprint density at radius 3 is 2.39 bits per heavy atom. The molecule has 0 unspecified atom stereocenters. The van der Waals surface area contributed by atoms with Crippen LogP contribution in [-0.4, -0.2) is 32.1 Å². The predicted molar refractivity (Wildman–Crippen MR) is 77.3 cm³/mol. The molecule has 0 saturated carbocycles. The van der Waals surface area contributed by atoms with Gasteiger partial charge in [0.25, 0.3) is 0 Å². The molecule has 2 rings (SSSR count). The van der Waals surface area contributed by atoms with Gasteiger partial charge in [0.2, 0.25) is 10.0 Å². The molecule has 1 aliphatic rings. The molecule has 0 atom stereocenters. The molecule has 0 bridgehead atoms. The zero-order valence-corrected chi connectivity index (χ0v) is 14.1. The zero-order valence-electron chi connectivity index (χ0n) is 9.30. The fourth-order valence-corrected chi connectivity index (χ4v) is 7.12. The van der Waals surface area contributed by atoms with E-state index in [0.29, 0.717) is 34.6 Å². The second kappa shape index (κ2) is 5.70. The molecule has 0 aromatic carbocycles. The monoisotopic (exact) mass is 415 g/mol. The number of thiophene rings is 1. The number of carbonyl (C=O) groups excluding carboxylic acids is 1. The summed E-state index contributed by atoms with van der Waals surface area (Å²) in [6.45, 7) is 0.817. The average Bonchev–Trinajstić information content (AvgIpc) is 2.69. The van der Waals surface area contributed by atoms with E-state index in [4.69, 9.17) is 0 Å². The Morgan fingerprint density at radius 2 is 1.94 bits per heavy atom. The van der Waals surface area contributed by atoms with Crippen LogP contribution in [0.15, 0.2) is 18.5 Å². The van der Waals surface area contributed by atoms with Crippen LogP contribution in [0.25, 0.3) is 0 Å². The molecular weight excluding hydrogens is 406 g/mol. The first-order valence-electron chi connectivity index (χ1n) is 5.35. The maximum atomic E-state index is 12.4. The van der Waals surface area contributed by atoms with Gasteiger partial charge in [0.1, 0.15) is 11.2 Å². The number of aldehydes is 1. The third kappa shape index (κ3) is 2.87. The molecular formula is C10H11Br2NO3S2. The highest BCUT2D eigenvalue weighted by molar-refractivity contribution is 9.12. The molecule has 1 fully saturated rings. The largest absolute Gasteiger partial charge is 0.303 e. The topological polar surface area (TPSA) is 54.5 Å². The van der Waals surface area contributed by atoms with Crippen LogP contribution < -0.4 is 0 Å². The average molecular weight is 417 g/mol. The molecule has 2 heterocycles. The lowest BCUT2D eigenvalue weighted by atomic mass is 10.0. The summed E-state index contributed by atoms with van der Waals surface area (Å²) < 4.78 is 27.6. The van der Waals surface area contributed by atoms with Crippen molar-refractivity contribution in [2.75, 3.05) is 13.1 Å². The fourth-order valence-electron chi connectivity index (χ4n) is 1.89. The summed E-state index contributed by atoms with van der Waals surface area (Å²) in [4.78, 5) is 11.0. The van der Waals surface area contributed by atoms with Gasteiger partial charge < -0.3 is 4.79 Å². The Balaban J connectivity index is 2.22. The van der Waals surface area contributed by atoms with Crippen LogP contribution in [0.4, 0.5) is 0 Å². The second-order valence-electron chi connectivity index (χ2n) is 4.07. The van der Waals surface area contributed by atoms with Crippen LogP contribution in [0.5, 0.6) is 0 Å². The van der Waals surface area contributed by atoms with Crippen LogP contribution >= 0.6 is 43.2 Å². The SMILES string of the molecule is O=CC1CCN(S(=O)(=O)c2cc(Br)sc2Br)CC1. The molecule has 100 valence electrons. The molecule has 1 aliphatic heterocycles. The number of sulfonamides is 1. The predicted octanol–water partition coefficient (Wildman–Crippen LogP) is 2.87. The van der Waals surface area contributed by atoms with Gasteiger partial charge in [0.05, 0.1) is 7.57 Å². The quantitative estimate of drug-likeness (QED) is 0.711. The van der Waals surface area contributed by atoms with E-state index in [1.807, 2.05) is 0 Å². The van der Waals surface area contributed by atoms with Gasteiger partial charge in [-0.3, -0.25) is 0 Å². The molecule has 1 aromatic heterocycles. The maximum absolute atomic E-state index is 12.4. The molecule has 1 aromatic rings. The Labute approximate surface area is 127 Å². The van der Waals surface area contributed by atoms with Crippen molar-refractivity contribution in [1.82, 2.24) is 4.31 Å². The van der Waals surface area contributed by atoms with Gasteiger partial charge in [-0.2, -0.15) is 4.31 Å². The smallest absolute Gasteiger partial charge is 0.245 e. The molecule has 0 N–H and O–H groups in total. The lowest BCUT2D eigenvalue weighted by Crippen LogP contribution is -2.38. The van der Waals surface area contributed by atoms with Crippen molar-refractivity contribution in [3.8, 4) is 0 Å². The zero-order chi connectivity index (χ0) is 13.3. The fraction of sp³-hybridized carbons (Fsp3) is 0.500. The lowest BCUT2D eigenvalue weighted by Gasteiger charge is -2.28. The lowest BCUT2D eigenvalue weighted by molar-refractivity contribution is -0.112. The summed E-state index contributed by atoms with van der Waals surface area (Å²) in [6.07, 6.45) is 2.12. The van der Waals surface area contributed by atoms with Gasteiger partial charge in [-0.25, -0.2) is 8.42 Å². The van der Waals surface area contributed by atoms with Crippen LogP contribution in [0.3, 0.4) is 0 Å². The molecule has 0 aliphatic carbocycles. The van der Waals surface area contributed by atoms with Crippen molar-refractivity contribution in [2.45, 2.75) is 17.7 Å². The number of carbonyl (C=O) groups is 1. The van der Waals surface area contributed by atoms with Crippen molar-refractivity contribution < 1.29 is 13.2 Å². The number of hydrogen-bond acceptors (Lipinski definition) is 4. The van der Waals surface area contributed by atoms with E-state index in [9.17, 15) is 13.2 Å². The first kappa shape index (κ1) is 14.6. The van der Waals surface area contributed by atoms with Gasteiger partial charge in [0, 0.05) is 19.0 Å². The number of nitrogens with zero attached hydrogens (tertiary/aromatic N) is 1. The molecule has 8 heteroatoms. The third-order valence-corrected chi connectivity index (χ3v) is 7.59. The first-order valence-corrected chi connectivity index (χ1v) is 9.19. The van der Waals surface area contributed by atoms with Crippen molar-refractivity contribution >= 4 is 59.5 Å². The summed E-state index contributed by atoms with van der Waals surface area (Å²) in [6, 6.07) is 1.61. The van der Waals surface area contributed by atoms with Crippen molar-refractivity contribution in [2.24, 2.45) is 5.92 Å². The van der Waals surface area contributed by atoms with E-state index >= 15 is 0 Å². The van der Waals surface area contributed by atoms with Gasteiger partial charge in [-0.15, -0.1) is 11.3 Å². The van der Waals surface area contributed by atoms with Crippen molar-refractivity contribution in [3.05, 3.63) is 13.6 Å². The minimum Gasteiger partial charge on any atom is -0.303 e. The number of hydrogen-bond donors (Lipinski definition) is 0. The van der Waals surface area contributed by atoms with E-state index < -0.39 is 10.0 Å². The highest BCUT2D eigenvalue weighted by Gasteiger charge is 2.31. The van der Waals surface area contributed by atoms with Crippen LogP contribution in [0.2, 0.25) is 0 Å². The van der Waals surface area contributed by atoms with Crippen LogP contribution in [0.1, 0.15) is 12.8 Å². The minimum absolute atomic E-state index is 0.00546. The molecule has 0 radical (unpaired) electrons. The second-order valence-corrected chi connectivity index (χ2v) is 9.72. The highest BCUT2D eigenvalue weighted by Crippen LogP contribution is 2.37. The summed E-state index contributed by atoms with van der Waals surface area (Å²) >= 11 is 7.89. The summed E-state index contributed by atoms with van der Waals surface area (Å²) in [5.74, 6) is -0.00546. The maximum Gasteiger partial charge on any atom is 0.245 e. The van der Waals surface area contributed by atoms with Gasteiger partial charge in [-0.1, -0.05) is 0 Å². The van der Waals surface area contributed by atoms with Gasteiger partial charge >= 0.3 is 0 Å². The summed E-state index contributed by atoms with van der Waals surface area (Å²) in [5, 5.41) is 0. The van der Waals surface area contributed by atoms with Crippen LogP contribution in [-0.2, 0) is 14.8 Å². The number of rotatable bonds is 3. The van der Waals surface area contributed by atoms with Crippen molar-refractivity contribution in [3.63, 3.8) is 0 Å². The summed E-state index contributed by atoms with van der Waals surface area (Å²) in [5.41, 5.74) is 0. The van der Waals surface area contributed by atoms with Gasteiger partial charge in [-0.05, 0) is 50.8 Å². The Hall–Kier alpha value is 0.240. The Kier molecular flexibility index (Phi) is 4.64. The van der Waals surface area contributed by atoms with E-state index in [1.54, 1.807) is 6.07 Å². The minimum atomic E-state index is -3.45.